The Bertz CT molecular complexity index is 1070. The van der Waals surface area contributed by atoms with Gasteiger partial charge >= 0.3 is 0 Å². The van der Waals surface area contributed by atoms with E-state index in [2.05, 4.69) is 15.5 Å². The fourth-order valence-electron chi connectivity index (χ4n) is 3.02. The number of hydrogen-bond acceptors (Lipinski definition) is 10. The standard InChI is InChI=1S/C20H24N4O5S3/c21-8-10-30-17-11-22-20(31-17)23-19(25)18(24-29-14-7-9-28-12-14)13-1-3-15(4-2-13)32(26,27)16-5-6-16/h1-4,11,14,16H,5-10,12,21H2,(H,22,23,25)/t14-/m1/s1. The molecule has 32 heavy (non-hydrogen) atoms. The van der Waals surface area contributed by atoms with Crippen molar-refractivity contribution in [2.75, 3.05) is 30.8 Å². The number of nitrogens with one attached hydrogen (secondary N) is 1. The highest BCUT2D eigenvalue weighted by atomic mass is 32.2. The molecule has 1 aromatic heterocycles. The first-order valence-electron chi connectivity index (χ1n) is 10.2. The third-order valence-electron chi connectivity index (χ3n) is 4.88. The quantitative estimate of drug-likeness (QED) is 0.291. The van der Waals surface area contributed by atoms with E-state index in [0.29, 0.717) is 49.7 Å². The number of aromatic nitrogens is 1. The maximum Gasteiger partial charge on any atom is 0.280 e. The Morgan fingerprint density at radius 1 is 1.31 bits per heavy atom. The van der Waals surface area contributed by atoms with Gasteiger partial charge in [-0.15, -0.1) is 11.8 Å². The van der Waals surface area contributed by atoms with Crippen LogP contribution in [0, 0.1) is 0 Å². The molecule has 3 N–H and O–H groups in total. The minimum Gasteiger partial charge on any atom is -0.389 e. The van der Waals surface area contributed by atoms with E-state index >= 15 is 0 Å². The van der Waals surface area contributed by atoms with E-state index in [9.17, 15) is 13.2 Å². The number of thioether (sulfide) groups is 1. The molecule has 4 rings (SSSR count). The Morgan fingerprint density at radius 3 is 2.75 bits per heavy atom. The molecule has 9 nitrogen and oxygen atoms in total. The Morgan fingerprint density at radius 2 is 2.09 bits per heavy atom. The van der Waals surface area contributed by atoms with E-state index in [1.807, 2.05) is 0 Å². The molecule has 1 amide bonds. The van der Waals surface area contributed by atoms with Gasteiger partial charge in [-0.3, -0.25) is 10.1 Å². The highest BCUT2D eigenvalue weighted by molar-refractivity contribution is 8.01. The van der Waals surface area contributed by atoms with E-state index in [1.54, 1.807) is 30.1 Å². The lowest BCUT2D eigenvalue weighted by molar-refractivity contribution is -0.110. The number of benzene rings is 1. The lowest BCUT2D eigenvalue weighted by atomic mass is 10.1. The molecule has 0 bridgehead atoms. The first-order valence-corrected chi connectivity index (χ1v) is 13.6. The average molecular weight is 497 g/mol. The van der Waals surface area contributed by atoms with E-state index in [1.165, 1.54) is 23.5 Å². The van der Waals surface area contributed by atoms with Gasteiger partial charge in [0.25, 0.3) is 5.91 Å². The number of amides is 1. The zero-order chi connectivity index (χ0) is 22.6. The van der Waals surface area contributed by atoms with Crippen LogP contribution in [0.2, 0.25) is 0 Å². The van der Waals surface area contributed by atoms with E-state index in [-0.39, 0.29) is 22.0 Å². The molecule has 1 aliphatic heterocycles. The second-order valence-corrected chi connectivity index (χ2v) is 12.0. The van der Waals surface area contributed by atoms with Crippen molar-refractivity contribution in [3.63, 3.8) is 0 Å². The third-order valence-corrected chi connectivity index (χ3v) is 9.30. The van der Waals surface area contributed by atoms with Crippen LogP contribution in [0.4, 0.5) is 5.13 Å². The summed E-state index contributed by atoms with van der Waals surface area (Å²) >= 11 is 2.91. The van der Waals surface area contributed by atoms with Gasteiger partial charge in [0, 0.05) is 24.3 Å². The number of carbonyl (C=O) groups excluding carboxylic acids is 1. The predicted octanol–water partition coefficient (Wildman–Crippen LogP) is 2.28. The number of rotatable bonds is 10. The van der Waals surface area contributed by atoms with Crippen LogP contribution in [-0.2, 0) is 24.2 Å². The van der Waals surface area contributed by atoms with Gasteiger partial charge in [0.15, 0.2) is 26.8 Å². The monoisotopic (exact) mass is 496 g/mol. The molecule has 0 radical (unpaired) electrons. The Balaban J connectivity index is 1.53. The van der Waals surface area contributed by atoms with Crippen molar-refractivity contribution >= 4 is 49.7 Å². The van der Waals surface area contributed by atoms with E-state index in [4.69, 9.17) is 15.3 Å². The minimum atomic E-state index is -3.32. The number of carbonyl (C=O) groups is 1. The van der Waals surface area contributed by atoms with Gasteiger partial charge in [-0.1, -0.05) is 28.6 Å². The largest absolute Gasteiger partial charge is 0.389 e. The van der Waals surface area contributed by atoms with Crippen molar-refractivity contribution in [3.8, 4) is 0 Å². The summed E-state index contributed by atoms with van der Waals surface area (Å²) in [5.41, 5.74) is 6.02. The number of oxime groups is 1. The molecule has 1 aliphatic carbocycles. The lowest BCUT2D eigenvalue weighted by Crippen LogP contribution is -2.25. The van der Waals surface area contributed by atoms with E-state index in [0.717, 1.165) is 9.96 Å². The van der Waals surface area contributed by atoms with Gasteiger partial charge in [-0.05, 0) is 25.0 Å². The van der Waals surface area contributed by atoms with Gasteiger partial charge < -0.3 is 15.3 Å². The molecule has 1 saturated carbocycles. The number of hydrogen-bond donors (Lipinski definition) is 2. The number of sulfone groups is 1. The van der Waals surface area contributed by atoms with Crippen molar-refractivity contribution in [1.82, 2.24) is 4.98 Å². The number of thiazole rings is 1. The second kappa shape index (κ2) is 10.3. The Kier molecular flexibility index (Phi) is 7.46. The van der Waals surface area contributed by atoms with Crippen LogP contribution in [0.5, 0.6) is 0 Å². The number of nitrogens with zero attached hydrogens (tertiary/aromatic N) is 2. The van der Waals surface area contributed by atoms with Crippen molar-refractivity contribution in [3.05, 3.63) is 36.0 Å². The van der Waals surface area contributed by atoms with Gasteiger partial charge in [0.05, 0.1) is 33.8 Å². The highest BCUT2D eigenvalue weighted by Crippen LogP contribution is 2.33. The molecule has 1 atom stereocenters. The second-order valence-electron chi connectivity index (χ2n) is 7.38. The molecular formula is C20H24N4O5S3. The fourth-order valence-corrected chi connectivity index (χ4v) is 6.39. The zero-order valence-electron chi connectivity index (χ0n) is 17.2. The van der Waals surface area contributed by atoms with Crippen molar-refractivity contribution in [1.29, 1.82) is 0 Å². The lowest BCUT2D eigenvalue weighted by Gasteiger charge is -2.10. The first kappa shape index (κ1) is 23.2. The van der Waals surface area contributed by atoms with Crippen molar-refractivity contribution < 1.29 is 22.8 Å². The van der Waals surface area contributed by atoms with Crippen molar-refractivity contribution in [2.45, 2.75) is 39.7 Å². The summed E-state index contributed by atoms with van der Waals surface area (Å²) in [7, 11) is -3.32. The summed E-state index contributed by atoms with van der Waals surface area (Å²) in [5.74, 6) is 0.266. The first-order chi connectivity index (χ1) is 15.5. The molecular weight excluding hydrogens is 472 g/mol. The molecule has 2 aromatic rings. The van der Waals surface area contributed by atoms with Gasteiger partial charge in [-0.2, -0.15) is 0 Å². The maximum absolute atomic E-state index is 13.0. The number of anilines is 1. The Hall–Kier alpha value is -1.99. The van der Waals surface area contributed by atoms with Crippen LogP contribution < -0.4 is 11.1 Å². The topological polar surface area (TPSA) is 133 Å². The summed E-state index contributed by atoms with van der Waals surface area (Å²) in [6, 6.07) is 6.17. The molecule has 0 unspecified atom stereocenters. The van der Waals surface area contributed by atoms with Gasteiger partial charge in [0.2, 0.25) is 0 Å². The zero-order valence-corrected chi connectivity index (χ0v) is 19.7. The van der Waals surface area contributed by atoms with Crippen LogP contribution in [0.25, 0.3) is 0 Å². The SMILES string of the molecule is NCCSc1cnc(NC(=O)C(=NO[C@@H]2CCOC2)c2ccc(S(=O)(=O)C3CC3)cc2)s1. The Labute approximate surface area is 194 Å². The molecule has 2 fully saturated rings. The van der Waals surface area contributed by atoms with E-state index < -0.39 is 15.7 Å². The summed E-state index contributed by atoms with van der Waals surface area (Å²) < 4.78 is 31.2. The number of nitrogens with two attached hydrogens (primary N) is 1. The van der Waals surface area contributed by atoms with Crippen LogP contribution >= 0.6 is 23.1 Å². The van der Waals surface area contributed by atoms with Crippen LogP contribution in [0.1, 0.15) is 24.8 Å². The van der Waals surface area contributed by atoms with Gasteiger partial charge in [0.1, 0.15) is 0 Å². The number of ether oxygens (including phenoxy) is 1. The summed E-state index contributed by atoms with van der Waals surface area (Å²) in [6.07, 6.45) is 3.52. The van der Waals surface area contributed by atoms with Gasteiger partial charge in [-0.25, -0.2) is 13.4 Å². The molecule has 172 valence electrons. The molecule has 2 aliphatic rings. The summed E-state index contributed by atoms with van der Waals surface area (Å²) in [5, 5.41) is 6.98. The maximum atomic E-state index is 13.0. The molecule has 12 heteroatoms. The highest BCUT2D eigenvalue weighted by Gasteiger charge is 2.36. The summed E-state index contributed by atoms with van der Waals surface area (Å²) in [4.78, 5) is 23.0. The average Bonchev–Trinajstić information content (AvgIpc) is 3.36. The fraction of sp³-hybridized carbons (Fsp3) is 0.450. The smallest absolute Gasteiger partial charge is 0.280 e. The van der Waals surface area contributed by atoms with Crippen LogP contribution in [0.3, 0.4) is 0 Å². The minimum absolute atomic E-state index is 0.0404. The predicted molar refractivity (Wildman–Crippen MR) is 124 cm³/mol. The van der Waals surface area contributed by atoms with Crippen LogP contribution in [0.15, 0.2) is 44.7 Å². The summed E-state index contributed by atoms with van der Waals surface area (Å²) in [6.45, 7) is 1.54. The van der Waals surface area contributed by atoms with Crippen LogP contribution in [-0.4, -0.2) is 61.9 Å². The molecule has 2 heterocycles. The third kappa shape index (κ3) is 5.67. The normalized spacial score (nSPS) is 19.2. The molecule has 1 aromatic carbocycles. The van der Waals surface area contributed by atoms with Crippen molar-refractivity contribution in [2.24, 2.45) is 10.9 Å². The molecule has 1 saturated heterocycles. The molecule has 0 spiro atoms.